The summed E-state index contributed by atoms with van der Waals surface area (Å²) in [6, 6.07) is 5.87. The van der Waals surface area contributed by atoms with Crippen LogP contribution in [0.25, 0.3) is 0 Å². The van der Waals surface area contributed by atoms with Gasteiger partial charge in [0.15, 0.2) is 9.84 Å². The number of benzene rings is 1. The normalized spacial score (nSPS) is 12.7. The molecule has 1 rings (SSSR count). The van der Waals surface area contributed by atoms with E-state index in [4.69, 9.17) is 5.73 Å². The summed E-state index contributed by atoms with van der Waals surface area (Å²) in [6.07, 6.45) is 0. The lowest BCUT2D eigenvalue weighted by atomic mass is 10.2. The van der Waals surface area contributed by atoms with Crippen molar-refractivity contribution in [2.75, 3.05) is 11.5 Å². The van der Waals surface area contributed by atoms with Crippen LogP contribution in [0.1, 0.15) is 13.8 Å². The number of hydrogen-bond acceptors (Lipinski definition) is 3. The fourth-order valence-corrected chi connectivity index (χ4v) is 2.92. The van der Waals surface area contributed by atoms with Crippen LogP contribution in [-0.4, -0.2) is 19.8 Å². The van der Waals surface area contributed by atoms with Crippen LogP contribution in [0.15, 0.2) is 29.2 Å². The van der Waals surface area contributed by atoms with Gasteiger partial charge in [-0.2, -0.15) is 0 Å². The summed E-state index contributed by atoms with van der Waals surface area (Å²) >= 11 is 0. The van der Waals surface area contributed by atoms with Crippen molar-refractivity contribution in [2.45, 2.75) is 24.4 Å². The number of nitrogen functional groups attached to an aromatic ring is 1. The van der Waals surface area contributed by atoms with Gasteiger partial charge in [0.1, 0.15) is 5.67 Å². The van der Waals surface area contributed by atoms with E-state index in [1.165, 1.54) is 32.0 Å². The molecule has 0 aliphatic heterocycles. The molecule has 1 aromatic carbocycles. The van der Waals surface area contributed by atoms with Crippen LogP contribution in [0.3, 0.4) is 0 Å². The Kier molecular flexibility index (Phi) is 3.04. The monoisotopic (exact) mass is 231 g/mol. The smallest absolute Gasteiger partial charge is 0.181 e. The zero-order valence-electron chi connectivity index (χ0n) is 8.70. The molecule has 2 N–H and O–H groups in total. The summed E-state index contributed by atoms with van der Waals surface area (Å²) in [4.78, 5) is 0.0632. The summed E-state index contributed by atoms with van der Waals surface area (Å²) in [5.41, 5.74) is 4.07. The molecule has 0 unspecified atom stereocenters. The van der Waals surface area contributed by atoms with Crippen molar-refractivity contribution in [3.8, 4) is 0 Å². The number of rotatable bonds is 3. The average molecular weight is 231 g/mol. The fourth-order valence-electron chi connectivity index (χ4n) is 1.24. The van der Waals surface area contributed by atoms with Crippen molar-refractivity contribution >= 4 is 15.5 Å². The van der Waals surface area contributed by atoms with Crippen LogP contribution >= 0.6 is 0 Å². The third kappa shape index (κ3) is 3.51. The molecular formula is C10H14FNO2S. The third-order valence-corrected chi connectivity index (χ3v) is 3.79. The van der Waals surface area contributed by atoms with Crippen LogP contribution in [0.5, 0.6) is 0 Å². The van der Waals surface area contributed by atoms with Gasteiger partial charge in [0.2, 0.25) is 0 Å². The second kappa shape index (κ2) is 3.81. The van der Waals surface area contributed by atoms with Gasteiger partial charge >= 0.3 is 0 Å². The molecule has 0 amide bonds. The van der Waals surface area contributed by atoms with Crippen molar-refractivity contribution in [2.24, 2.45) is 0 Å². The standard InChI is InChI=1S/C10H14FNO2S/c1-10(2,11)7-15(13,14)9-5-3-4-8(12)6-9/h3-6H,7,12H2,1-2H3. The summed E-state index contributed by atoms with van der Waals surface area (Å²) in [6.45, 7) is 2.47. The molecule has 0 saturated carbocycles. The molecule has 0 radical (unpaired) electrons. The van der Waals surface area contributed by atoms with E-state index < -0.39 is 21.3 Å². The lowest BCUT2D eigenvalue weighted by Gasteiger charge is -2.14. The minimum Gasteiger partial charge on any atom is -0.399 e. The number of hydrogen-bond donors (Lipinski definition) is 1. The molecule has 15 heavy (non-hydrogen) atoms. The Morgan fingerprint density at radius 3 is 2.47 bits per heavy atom. The zero-order chi connectivity index (χ0) is 11.7. The molecule has 0 heterocycles. The molecule has 0 atom stereocenters. The summed E-state index contributed by atoms with van der Waals surface area (Å²) in [7, 11) is -3.60. The third-order valence-electron chi connectivity index (χ3n) is 1.75. The van der Waals surface area contributed by atoms with E-state index in [1.54, 1.807) is 6.07 Å². The fraction of sp³-hybridized carbons (Fsp3) is 0.400. The molecule has 0 bridgehead atoms. The number of halogens is 1. The molecule has 0 aliphatic carbocycles. The largest absolute Gasteiger partial charge is 0.399 e. The molecule has 3 nitrogen and oxygen atoms in total. The predicted octanol–water partition coefficient (Wildman–Crippen LogP) is 1.79. The highest BCUT2D eigenvalue weighted by atomic mass is 32.2. The Hall–Kier alpha value is -1.10. The van der Waals surface area contributed by atoms with Gasteiger partial charge in [-0.15, -0.1) is 0 Å². The molecular weight excluding hydrogens is 217 g/mol. The Bertz CT molecular complexity index is 449. The molecule has 0 saturated heterocycles. The topological polar surface area (TPSA) is 60.2 Å². The Morgan fingerprint density at radius 2 is 2.00 bits per heavy atom. The summed E-state index contributed by atoms with van der Waals surface area (Å²) in [5.74, 6) is -0.538. The number of sulfone groups is 1. The number of alkyl halides is 1. The maximum Gasteiger partial charge on any atom is 0.181 e. The van der Waals surface area contributed by atoms with Crippen LogP contribution in [0, 0.1) is 0 Å². The van der Waals surface area contributed by atoms with E-state index in [0.717, 1.165) is 0 Å². The van der Waals surface area contributed by atoms with Crippen molar-refractivity contribution in [3.63, 3.8) is 0 Å². The average Bonchev–Trinajstić information content (AvgIpc) is 1.99. The number of anilines is 1. The zero-order valence-corrected chi connectivity index (χ0v) is 9.51. The Balaban J connectivity index is 3.07. The maximum atomic E-state index is 13.3. The van der Waals surface area contributed by atoms with Crippen LogP contribution in [-0.2, 0) is 9.84 Å². The minimum absolute atomic E-state index is 0.0632. The van der Waals surface area contributed by atoms with Gasteiger partial charge in [-0.05, 0) is 32.0 Å². The second-order valence-electron chi connectivity index (χ2n) is 4.05. The van der Waals surface area contributed by atoms with E-state index in [-0.39, 0.29) is 4.90 Å². The van der Waals surface area contributed by atoms with E-state index in [2.05, 4.69) is 0 Å². The first-order valence-electron chi connectivity index (χ1n) is 4.48. The van der Waals surface area contributed by atoms with Gasteiger partial charge in [-0.1, -0.05) is 6.07 Å². The van der Waals surface area contributed by atoms with Gasteiger partial charge in [-0.3, -0.25) is 0 Å². The lowest BCUT2D eigenvalue weighted by molar-refractivity contribution is 0.249. The Morgan fingerprint density at radius 1 is 1.40 bits per heavy atom. The van der Waals surface area contributed by atoms with E-state index >= 15 is 0 Å². The maximum absolute atomic E-state index is 13.3. The SMILES string of the molecule is CC(C)(F)CS(=O)(=O)c1cccc(N)c1. The van der Waals surface area contributed by atoms with Crippen molar-refractivity contribution in [1.29, 1.82) is 0 Å². The lowest BCUT2D eigenvalue weighted by Crippen LogP contribution is -2.25. The van der Waals surface area contributed by atoms with E-state index in [9.17, 15) is 12.8 Å². The van der Waals surface area contributed by atoms with Gasteiger partial charge in [-0.25, -0.2) is 12.8 Å². The van der Waals surface area contributed by atoms with Crippen LogP contribution in [0.4, 0.5) is 10.1 Å². The van der Waals surface area contributed by atoms with Crippen LogP contribution < -0.4 is 5.73 Å². The highest BCUT2D eigenvalue weighted by molar-refractivity contribution is 7.91. The molecule has 1 aromatic rings. The quantitative estimate of drug-likeness (QED) is 0.807. The van der Waals surface area contributed by atoms with E-state index in [1.807, 2.05) is 0 Å². The number of nitrogens with two attached hydrogens (primary N) is 1. The Labute approximate surface area is 89.0 Å². The molecule has 84 valence electrons. The minimum atomic E-state index is -3.60. The molecule has 0 aliphatic rings. The van der Waals surface area contributed by atoms with Crippen LogP contribution in [0.2, 0.25) is 0 Å². The first-order valence-corrected chi connectivity index (χ1v) is 6.13. The first kappa shape index (κ1) is 12.0. The second-order valence-corrected chi connectivity index (χ2v) is 6.04. The van der Waals surface area contributed by atoms with Gasteiger partial charge in [0, 0.05) is 5.69 Å². The van der Waals surface area contributed by atoms with Crippen molar-refractivity contribution in [1.82, 2.24) is 0 Å². The highest BCUT2D eigenvalue weighted by Crippen LogP contribution is 2.20. The van der Waals surface area contributed by atoms with E-state index in [0.29, 0.717) is 5.69 Å². The molecule has 0 spiro atoms. The summed E-state index contributed by atoms with van der Waals surface area (Å²) < 4.78 is 36.7. The van der Waals surface area contributed by atoms with Gasteiger partial charge < -0.3 is 5.73 Å². The molecule has 0 aromatic heterocycles. The van der Waals surface area contributed by atoms with Gasteiger partial charge in [0.25, 0.3) is 0 Å². The summed E-state index contributed by atoms with van der Waals surface area (Å²) in [5, 5.41) is 0. The predicted molar refractivity (Wildman–Crippen MR) is 58.1 cm³/mol. The first-order chi connectivity index (χ1) is 6.71. The van der Waals surface area contributed by atoms with Crippen molar-refractivity contribution in [3.05, 3.63) is 24.3 Å². The highest BCUT2D eigenvalue weighted by Gasteiger charge is 2.26. The van der Waals surface area contributed by atoms with Crippen molar-refractivity contribution < 1.29 is 12.8 Å². The molecule has 0 fully saturated rings. The van der Waals surface area contributed by atoms with Gasteiger partial charge in [0.05, 0.1) is 10.6 Å². The molecule has 5 heteroatoms.